The lowest BCUT2D eigenvalue weighted by atomic mass is 10.1. The number of nitrogens with zero attached hydrogens (tertiary/aromatic N) is 1. The van der Waals surface area contributed by atoms with E-state index in [2.05, 4.69) is 10.3 Å². The molecule has 0 unspecified atom stereocenters. The molecule has 9 heteroatoms. The third kappa shape index (κ3) is 7.06. The molecule has 0 fully saturated rings. The molecule has 4 rings (SSSR count). The Morgan fingerprint density at radius 1 is 1.11 bits per heavy atom. The van der Waals surface area contributed by atoms with Crippen LogP contribution < -0.4 is 14.8 Å². The maximum atomic E-state index is 10.4. The standard InChI is InChI=1S/C26H29ClN2O6/c27-26-6-2-18(11-29-26)14-33-15-21-16-34-24-5-1-17(9-25(24)35-21)7-8-28-12-23(32)19-3-4-22(31)20(10-19)13-30/h1-6,9-11,21,23,28,30-32H,7-8,12-16H2/t21-,23+/m1/s1. The quantitative estimate of drug-likeness (QED) is 0.234. The van der Waals surface area contributed by atoms with Gasteiger partial charge in [0.1, 0.15) is 17.5 Å². The van der Waals surface area contributed by atoms with Gasteiger partial charge in [-0.15, -0.1) is 0 Å². The summed E-state index contributed by atoms with van der Waals surface area (Å²) in [5, 5.41) is 33.0. The zero-order valence-corrected chi connectivity index (χ0v) is 19.9. The van der Waals surface area contributed by atoms with E-state index >= 15 is 0 Å². The number of rotatable bonds is 11. The minimum Gasteiger partial charge on any atom is -0.508 e. The molecular formula is C26H29ClN2O6. The van der Waals surface area contributed by atoms with Crippen molar-refractivity contribution >= 4 is 11.6 Å². The number of nitrogens with one attached hydrogen (secondary N) is 1. The van der Waals surface area contributed by atoms with E-state index in [0.717, 1.165) is 17.5 Å². The highest BCUT2D eigenvalue weighted by atomic mass is 35.5. The molecule has 0 saturated heterocycles. The fraction of sp³-hybridized carbons (Fsp3) is 0.346. The van der Waals surface area contributed by atoms with E-state index < -0.39 is 6.10 Å². The Hall–Kier alpha value is -2.88. The Labute approximate surface area is 209 Å². The van der Waals surface area contributed by atoms with Gasteiger partial charge in [-0.3, -0.25) is 0 Å². The van der Waals surface area contributed by atoms with E-state index in [4.69, 9.17) is 25.8 Å². The number of hydrogen-bond acceptors (Lipinski definition) is 8. The summed E-state index contributed by atoms with van der Waals surface area (Å²) in [6.45, 7) is 1.95. The number of phenols is 1. The molecular weight excluding hydrogens is 472 g/mol. The summed E-state index contributed by atoms with van der Waals surface area (Å²) < 4.78 is 17.7. The van der Waals surface area contributed by atoms with Gasteiger partial charge in [-0.05, 0) is 60.0 Å². The van der Waals surface area contributed by atoms with Crippen molar-refractivity contribution in [3.05, 3.63) is 82.1 Å². The van der Waals surface area contributed by atoms with Crippen molar-refractivity contribution in [2.24, 2.45) is 0 Å². The molecule has 186 valence electrons. The second-order valence-corrected chi connectivity index (χ2v) is 8.74. The number of hydrogen-bond donors (Lipinski definition) is 4. The molecule has 0 spiro atoms. The summed E-state index contributed by atoms with van der Waals surface area (Å²) in [5.74, 6) is 1.42. The molecule has 2 aromatic carbocycles. The summed E-state index contributed by atoms with van der Waals surface area (Å²) in [4.78, 5) is 4.04. The van der Waals surface area contributed by atoms with E-state index in [0.29, 0.717) is 60.7 Å². The predicted octanol–water partition coefficient (Wildman–Crippen LogP) is 3.16. The van der Waals surface area contributed by atoms with Gasteiger partial charge in [0.15, 0.2) is 17.6 Å². The lowest BCUT2D eigenvalue weighted by Gasteiger charge is -2.27. The van der Waals surface area contributed by atoms with Gasteiger partial charge >= 0.3 is 0 Å². The molecule has 1 aromatic heterocycles. The van der Waals surface area contributed by atoms with Crippen LogP contribution in [0.15, 0.2) is 54.7 Å². The van der Waals surface area contributed by atoms with Crippen molar-refractivity contribution < 1.29 is 29.5 Å². The third-order valence-corrected chi connectivity index (χ3v) is 5.90. The van der Waals surface area contributed by atoms with Crippen LogP contribution >= 0.6 is 11.6 Å². The van der Waals surface area contributed by atoms with Gasteiger partial charge in [-0.2, -0.15) is 0 Å². The predicted molar refractivity (Wildman–Crippen MR) is 131 cm³/mol. The second-order valence-electron chi connectivity index (χ2n) is 8.35. The molecule has 2 atom stereocenters. The lowest BCUT2D eigenvalue weighted by Crippen LogP contribution is -2.33. The normalized spacial score (nSPS) is 15.7. The van der Waals surface area contributed by atoms with Crippen molar-refractivity contribution in [1.82, 2.24) is 10.3 Å². The number of benzene rings is 2. The molecule has 2 heterocycles. The average Bonchev–Trinajstić information content (AvgIpc) is 2.87. The van der Waals surface area contributed by atoms with Crippen molar-refractivity contribution in [3.8, 4) is 17.2 Å². The van der Waals surface area contributed by atoms with Gasteiger partial charge in [0.2, 0.25) is 0 Å². The Balaban J connectivity index is 1.21. The van der Waals surface area contributed by atoms with Crippen molar-refractivity contribution in [2.45, 2.75) is 31.8 Å². The highest BCUT2D eigenvalue weighted by Gasteiger charge is 2.21. The second kappa shape index (κ2) is 12.2. The molecule has 0 amide bonds. The Morgan fingerprint density at radius 2 is 1.97 bits per heavy atom. The van der Waals surface area contributed by atoms with E-state index in [1.807, 2.05) is 24.3 Å². The van der Waals surface area contributed by atoms with E-state index in [1.54, 1.807) is 24.4 Å². The van der Waals surface area contributed by atoms with E-state index in [9.17, 15) is 15.3 Å². The Morgan fingerprint density at radius 3 is 2.77 bits per heavy atom. The number of aromatic nitrogens is 1. The number of fused-ring (bicyclic) bond motifs is 1. The van der Waals surface area contributed by atoms with E-state index in [-0.39, 0.29) is 18.5 Å². The number of aliphatic hydroxyl groups is 2. The number of aliphatic hydroxyl groups excluding tert-OH is 2. The molecule has 4 N–H and O–H groups in total. The van der Waals surface area contributed by atoms with Gasteiger partial charge in [-0.25, -0.2) is 4.98 Å². The number of halogens is 1. The van der Waals surface area contributed by atoms with Gasteiger partial charge in [0, 0.05) is 18.3 Å². The minimum absolute atomic E-state index is 0.0164. The third-order valence-electron chi connectivity index (χ3n) is 5.67. The SMILES string of the molecule is OCc1cc([C@@H](O)CNCCc2ccc3c(c2)O[C@H](COCc2ccc(Cl)nc2)CO3)ccc1O. The zero-order valence-electron chi connectivity index (χ0n) is 19.2. The molecule has 0 radical (unpaired) electrons. The molecule has 3 aromatic rings. The number of pyridine rings is 1. The molecule has 0 saturated carbocycles. The minimum atomic E-state index is -0.745. The smallest absolute Gasteiger partial charge is 0.162 e. The summed E-state index contributed by atoms with van der Waals surface area (Å²) in [6, 6.07) is 14.2. The first-order chi connectivity index (χ1) is 17.0. The summed E-state index contributed by atoms with van der Waals surface area (Å²) in [7, 11) is 0. The van der Waals surface area contributed by atoms with Crippen LogP contribution in [-0.4, -0.2) is 52.7 Å². The van der Waals surface area contributed by atoms with Gasteiger partial charge < -0.3 is 34.8 Å². The number of aromatic hydroxyl groups is 1. The Bertz CT molecular complexity index is 1110. The van der Waals surface area contributed by atoms with Crippen LogP contribution in [0.5, 0.6) is 17.2 Å². The maximum absolute atomic E-state index is 10.4. The average molecular weight is 501 g/mol. The van der Waals surface area contributed by atoms with Crippen molar-refractivity contribution in [3.63, 3.8) is 0 Å². The monoisotopic (exact) mass is 500 g/mol. The summed E-state index contributed by atoms with van der Waals surface area (Å²) in [6.07, 6.45) is 1.48. The van der Waals surface area contributed by atoms with Crippen LogP contribution in [0, 0.1) is 0 Å². The first-order valence-electron chi connectivity index (χ1n) is 11.4. The molecule has 0 aliphatic carbocycles. The molecule has 1 aliphatic rings. The van der Waals surface area contributed by atoms with Crippen LogP contribution in [-0.2, 0) is 24.4 Å². The van der Waals surface area contributed by atoms with Gasteiger partial charge in [-0.1, -0.05) is 29.8 Å². The molecule has 1 aliphatic heterocycles. The van der Waals surface area contributed by atoms with E-state index in [1.165, 1.54) is 6.07 Å². The summed E-state index contributed by atoms with van der Waals surface area (Å²) >= 11 is 5.80. The topological polar surface area (TPSA) is 113 Å². The molecule has 8 nitrogen and oxygen atoms in total. The van der Waals surface area contributed by atoms with Crippen molar-refractivity contribution in [2.75, 3.05) is 26.3 Å². The van der Waals surface area contributed by atoms with Gasteiger partial charge in [0.25, 0.3) is 0 Å². The first kappa shape index (κ1) is 25.2. The fourth-order valence-electron chi connectivity index (χ4n) is 3.73. The zero-order chi connectivity index (χ0) is 24.6. The maximum Gasteiger partial charge on any atom is 0.162 e. The highest BCUT2D eigenvalue weighted by Crippen LogP contribution is 2.33. The van der Waals surface area contributed by atoms with Crippen LogP contribution in [0.2, 0.25) is 5.15 Å². The molecule has 35 heavy (non-hydrogen) atoms. The summed E-state index contributed by atoms with van der Waals surface area (Å²) in [5.41, 5.74) is 3.05. The van der Waals surface area contributed by atoms with Crippen LogP contribution in [0.25, 0.3) is 0 Å². The number of ether oxygens (including phenoxy) is 3. The van der Waals surface area contributed by atoms with Crippen LogP contribution in [0.1, 0.15) is 28.4 Å². The lowest BCUT2D eigenvalue weighted by molar-refractivity contribution is 0.00260. The largest absolute Gasteiger partial charge is 0.508 e. The molecule has 0 bridgehead atoms. The van der Waals surface area contributed by atoms with Gasteiger partial charge in [0.05, 0.1) is 25.9 Å². The first-order valence-corrected chi connectivity index (χ1v) is 11.8. The van der Waals surface area contributed by atoms with Crippen LogP contribution in [0.3, 0.4) is 0 Å². The Kier molecular flexibility index (Phi) is 8.79. The fourth-order valence-corrected chi connectivity index (χ4v) is 3.84. The van der Waals surface area contributed by atoms with Crippen molar-refractivity contribution in [1.29, 1.82) is 0 Å². The van der Waals surface area contributed by atoms with Crippen LogP contribution in [0.4, 0.5) is 0 Å². The highest BCUT2D eigenvalue weighted by molar-refractivity contribution is 6.29.